The van der Waals surface area contributed by atoms with Crippen molar-refractivity contribution in [2.75, 3.05) is 0 Å². The van der Waals surface area contributed by atoms with Crippen LogP contribution in [0.1, 0.15) is 36.6 Å². The van der Waals surface area contributed by atoms with E-state index < -0.39 is 0 Å². The molecule has 13 heavy (non-hydrogen) atoms. The molecule has 1 aromatic rings. The van der Waals surface area contributed by atoms with Crippen LogP contribution in [0.3, 0.4) is 0 Å². The lowest BCUT2D eigenvalue weighted by molar-refractivity contribution is 0.480. The van der Waals surface area contributed by atoms with E-state index in [-0.39, 0.29) is 0 Å². The van der Waals surface area contributed by atoms with Crippen LogP contribution in [0.2, 0.25) is 0 Å². The number of fused-ring (bicyclic) bond motifs is 1. The molecule has 0 bridgehead atoms. The van der Waals surface area contributed by atoms with Crippen molar-refractivity contribution in [1.29, 1.82) is 0 Å². The average Bonchev–Trinajstić information content (AvgIpc) is 2.73. The van der Waals surface area contributed by atoms with Crippen molar-refractivity contribution in [3.05, 3.63) is 8.84 Å². The molecule has 2 fully saturated rings. The molecule has 1 heterocycles. The summed E-state index contributed by atoms with van der Waals surface area (Å²) in [7, 11) is 0. The molecule has 3 rings (SSSR count). The Balaban J connectivity index is 1.81. The minimum absolute atomic E-state index is 0.795. The van der Waals surface area contributed by atoms with E-state index in [1.165, 1.54) is 30.7 Å². The Kier molecular flexibility index (Phi) is 2.08. The first-order valence-electron chi connectivity index (χ1n) is 4.85. The van der Waals surface area contributed by atoms with Crippen LogP contribution in [0.15, 0.2) is 0 Å². The van der Waals surface area contributed by atoms with Crippen molar-refractivity contribution < 1.29 is 0 Å². The number of aromatic nitrogens is 2. The molecule has 2 aliphatic rings. The molecule has 2 nitrogen and oxygen atoms in total. The molecule has 0 spiro atoms. The first kappa shape index (κ1) is 8.59. The Morgan fingerprint density at radius 3 is 2.46 bits per heavy atom. The van der Waals surface area contributed by atoms with Crippen molar-refractivity contribution in [2.24, 2.45) is 11.8 Å². The maximum Gasteiger partial charge on any atom is 0.203 e. The largest absolute Gasteiger partial charge is 0.215 e. The fraction of sp³-hybridized carbons (Fsp3) is 0.778. The molecule has 2 atom stereocenters. The van der Waals surface area contributed by atoms with E-state index >= 15 is 0 Å². The first-order valence-corrected chi connectivity index (χ1v) is 6.70. The maximum absolute atomic E-state index is 4.49. The van der Waals surface area contributed by atoms with Gasteiger partial charge in [-0.2, -0.15) is 4.37 Å². The molecular formula is C9H11IN2S. The van der Waals surface area contributed by atoms with Crippen LogP contribution in [0.25, 0.3) is 0 Å². The fourth-order valence-corrected chi connectivity index (χ4v) is 4.24. The summed E-state index contributed by atoms with van der Waals surface area (Å²) in [6, 6.07) is 0. The lowest BCUT2D eigenvalue weighted by Crippen LogP contribution is -1.91. The lowest BCUT2D eigenvalue weighted by Gasteiger charge is -2.04. The summed E-state index contributed by atoms with van der Waals surface area (Å²) in [5.41, 5.74) is 0. The standard InChI is InChI=1S/C9H11IN2S/c10-9-11-8(13-12-9)7-5-3-1-2-4-6(5)7/h5-7H,1-4H2. The number of halogens is 1. The van der Waals surface area contributed by atoms with Gasteiger partial charge < -0.3 is 0 Å². The lowest BCUT2D eigenvalue weighted by atomic mass is 10.0. The van der Waals surface area contributed by atoms with Crippen LogP contribution >= 0.6 is 34.1 Å². The molecule has 0 aliphatic heterocycles. The number of nitrogens with zero attached hydrogens (tertiary/aromatic N) is 2. The minimum atomic E-state index is 0.795. The highest BCUT2D eigenvalue weighted by Crippen LogP contribution is 2.61. The summed E-state index contributed by atoms with van der Waals surface area (Å²) >= 11 is 3.82. The van der Waals surface area contributed by atoms with Crippen LogP contribution < -0.4 is 0 Å². The van der Waals surface area contributed by atoms with Gasteiger partial charge >= 0.3 is 0 Å². The van der Waals surface area contributed by atoms with Gasteiger partial charge in [-0.15, -0.1) is 0 Å². The van der Waals surface area contributed by atoms with Crippen molar-refractivity contribution in [2.45, 2.75) is 31.6 Å². The number of hydrogen-bond acceptors (Lipinski definition) is 3. The summed E-state index contributed by atoms with van der Waals surface area (Å²) in [6.07, 6.45) is 5.75. The first-order chi connectivity index (χ1) is 6.36. The Hall–Kier alpha value is 0.290. The fourth-order valence-electron chi connectivity index (χ4n) is 2.71. The predicted octanol–water partition coefficient (Wildman–Crippen LogP) is 3.05. The van der Waals surface area contributed by atoms with Crippen molar-refractivity contribution >= 4 is 34.1 Å². The zero-order valence-corrected chi connectivity index (χ0v) is 10.2. The minimum Gasteiger partial charge on any atom is -0.215 e. The van der Waals surface area contributed by atoms with Crippen molar-refractivity contribution in [3.8, 4) is 0 Å². The topological polar surface area (TPSA) is 25.8 Å². The summed E-state index contributed by atoms with van der Waals surface area (Å²) < 4.78 is 5.18. The summed E-state index contributed by atoms with van der Waals surface area (Å²) in [5.74, 6) is 2.73. The molecule has 2 saturated carbocycles. The second kappa shape index (κ2) is 3.15. The van der Waals surface area contributed by atoms with E-state index in [0.29, 0.717) is 0 Å². The zero-order valence-electron chi connectivity index (χ0n) is 7.24. The molecule has 0 N–H and O–H groups in total. The van der Waals surface area contributed by atoms with Crippen LogP contribution in [-0.2, 0) is 0 Å². The molecular weight excluding hydrogens is 295 g/mol. The summed E-state index contributed by atoms with van der Waals surface area (Å²) in [5, 5.41) is 1.31. The molecule has 0 radical (unpaired) electrons. The molecule has 1 aromatic heterocycles. The highest BCUT2D eigenvalue weighted by atomic mass is 127. The van der Waals surface area contributed by atoms with Gasteiger partial charge in [0, 0.05) is 28.5 Å². The zero-order chi connectivity index (χ0) is 8.84. The van der Waals surface area contributed by atoms with E-state index in [1.807, 2.05) is 0 Å². The smallest absolute Gasteiger partial charge is 0.203 e. The predicted molar refractivity (Wildman–Crippen MR) is 60.8 cm³/mol. The monoisotopic (exact) mass is 306 g/mol. The maximum atomic E-state index is 4.49. The highest BCUT2D eigenvalue weighted by Gasteiger charge is 2.52. The normalized spacial score (nSPS) is 37.2. The van der Waals surface area contributed by atoms with Crippen LogP contribution in [-0.4, -0.2) is 9.36 Å². The van der Waals surface area contributed by atoms with Crippen molar-refractivity contribution in [3.63, 3.8) is 0 Å². The Morgan fingerprint density at radius 2 is 1.92 bits per heavy atom. The molecule has 0 aromatic carbocycles. The van der Waals surface area contributed by atoms with E-state index in [0.717, 1.165) is 21.6 Å². The Labute approximate surface area is 95.5 Å². The van der Waals surface area contributed by atoms with E-state index in [4.69, 9.17) is 0 Å². The van der Waals surface area contributed by atoms with E-state index in [9.17, 15) is 0 Å². The second-order valence-corrected chi connectivity index (χ2v) is 5.79. The highest BCUT2D eigenvalue weighted by molar-refractivity contribution is 14.1. The number of hydrogen-bond donors (Lipinski definition) is 0. The average molecular weight is 306 g/mol. The van der Waals surface area contributed by atoms with Crippen molar-refractivity contribution in [1.82, 2.24) is 9.36 Å². The third kappa shape index (κ3) is 1.42. The molecule has 70 valence electrons. The molecule has 2 unspecified atom stereocenters. The van der Waals surface area contributed by atoms with Gasteiger partial charge in [-0.25, -0.2) is 4.98 Å². The third-order valence-electron chi connectivity index (χ3n) is 3.36. The van der Waals surface area contributed by atoms with Crippen LogP contribution in [0.5, 0.6) is 0 Å². The van der Waals surface area contributed by atoms with E-state index in [1.54, 1.807) is 11.5 Å². The van der Waals surface area contributed by atoms with E-state index in [2.05, 4.69) is 31.9 Å². The van der Waals surface area contributed by atoms with Gasteiger partial charge in [-0.05, 0) is 36.2 Å². The molecule has 0 amide bonds. The van der Waals surface area contributed by atoms with Crippen LogP contribution in [0.4, 0.5) is 0 Å². The van der Waals surface area contributed by atoms with Gasteiger partial charge in [0.2, 0.25) is 3.83 Å². The summed E-state index contributed by atoms with van der Waals surface area (Å²) in [4.78, 5) is 4.49. The van der Waals surface area contributed by atoms with Gasteiger partial charge in [0.05, 0.1) is 0 Å². The van der Waals surface area contributed by atoms with Gasteiger partial charge in [-0.3, -0.25) is 0 Å². The quantitative estimate of drug-likeness (QED) is 0.745. The van der Waals surface area contributed by atoms with Gasteiger partial charge in [0.1, 0.15) is 5.01 Å². The SMILES string of the molecule is Ic1nsc(C2C3CCCCC32)n1. The Morgan fingerprint density at radius 1 is 1.23 bits per heavy atom. The molecule has 0 saturated heterocycles. The Bertz CT molecular complexity index is 313. The molecule has 2 aliphatic carbocycles. The number of rotatable bonds is 1. The summed E-state index contributed by atoms with van der Waals surface area (Å²) in [6.45, 7) is 0. The second-order valence-electron chi connectivity index (χ2n) is 4.04. The van der Waals surface area contributed by atoms with Gasteiger partial charge in [-0.1, -0.05) is 12.8 Å². The molecule has 4 heteroatoms. The van der Waals surface area contributed by atoms with Gasteiger partial charge in [0.25, 0.3) is 0 Å². The van der Waals surface area contributed by atoms with Crippen LogP contribution in [0, 0.1) is 15.7 Å². The third-order valence-corrected chi connectivity index (χ3v) is 4.98. The van der Waals surface area contributed by atoms with Gasteiger partial charge in [0.15, 0.2) is 0 Å².